The van der Waals surface area contributed by atoms with Crippen LogP contribution in [0.5, 0.6) is 0 Å². The van der Waals surface area contributed by atoms with E-state index in [2.05, 4.69) is 5.10 Å². The van der Waals surface area contributed by atoms with Crippen molar-refractivity contribution in [3.63, 3.8) is 0 Å². The van der Waals surface area contributed by atoms with Crippen LogP contribution in [0.15, 0.2) is 17.3 Å². The lowest BCUT2D eigenvalue weighted by molar-refractivity contribution is -0.137. The predicted molar refractivity (Wildman–Crippen MR) is 73.7 cm³/mol. The maximum Gasteiger partial charge on any atom is 0.325 e. The second-order valence-corrected chi connectivity index (χ2v) is 7.22. The fraction of sp³-hybridized carbons (Fsp3) is 0.667. The second-order valence-electron chi connectivity index (χ2n) is 5.33. The molecule has 0 saturated carbocycles. The first-order valence-corrected chi connectivity index (χ1v) is 7.84. The van der Waals surface area contributed by atoms with Crippen LogP contribution < -0.4 is 0 Å². The molecule has 20 heavy (non-hydrogen) atoms. The van der Waals surface area contributed by atoms with E-state index in [9.17, 15) is 13.2 Å². The van der Waals surface area contributed by atoms with Gasteiger partial charge in [0.1, 0.15) is 11.4 Å². The third-order valence-corrected chi connectivity index (χ3v) is 4.63. The molecule has 7 nitrogen and oxygen atoms in total. The van der Waals surface area contributed by atoms with Crippen LogP contribution in [0.2, 0.25) is 0 Å². The topological polar surface area (TPSA) is 92.5 Å². The van der Waals surface area contributed by atoms with E-state index in [0.717, 1.165) is 4.68 Å². The number of carboxylic acid groups (broad SMARTS) is 1. The van der Waals surface area contributed by atoms with E-state index in [4.69, 9.17) is 5.11 Å². The van der Waals surface area contributed by atoms with Gasteiger partial charge in [-0.2, -0.15) is 9.40 Å². The van der Waals surface area contributed by atoms with Crippen LogP contribution >= 0.6 is 0 Å². The van der Waals surface area contributed by atoms with Gasteiger partial charge in [0.15, 0.2) is 0 Å². The quantitative estimate of drug-likeness (QED) is 0.812. The molecule has 0 aromatic carbocycles. The Morgan fingerprint density at radius 2 is 2.00 bits per heavy atom. The van der Waals surface area contributed by atoms with Gasteiger partial charge >= 0.3 is 5.97 Å². The summed E-state index contributed by atoms with van der Waals surface area (Å²) < 4.78 is 27.6. The number of aromatic nitrogens is 2. The lowest BCUT2D eigenvalue weighted by Gasteiger charge is -2.26. The van der Waals surface area contributed by atoms with Crippen LogP contribution in [0.4, 0.5) is 0 Å². The minimum absolute atomic E-state index is 0.0214. The SMILES string of the molecule is CC(C)CN(C(C)C)S(=O)(=O)c1cnn(CC(=O)O)c1. The largest absolute Gasteiger partial charge is 0.480 e. The molecular formula is C12H21N3O4S. The van der Waals surface area contributed by atoms with Crippen LogP contribution in [0.3, 0.4) is 0 Å². The van der Waals surface area contributed by atoms with Gasteiger partial charge in [0.2, 0.25) is 10.0 Å². The molecule has 0 atom stereocenters. The standard InChI is InChI=1S/C12H21N3O4S/c1-9(2)6-15(10(3)4)20(18,19)11-5-13-14(7-11)8-12(16)17/h5,7,9-10H,6,8H2,1-4H3,(H,16,17). The van der Waals surface area contributed by atoms with Crippen LogP contribution in [-0.2, 0) is 21.4 Å². The van der Waals surface area contributed by atoms with E-state index in [-0.39, 0.29) is 23.4 Å². The normalized spacial score (nSPS) is 12.6. The Balaban J connectivity index is 3.07. The Labute approximate surface area is 119 Å². The van der Waals surface area contributed by atoms with Gasteiger partial charge in [0.25, 0.3) is 0 Å². The van der Waals surface area contributed by atoms with Crippen LogP contribution in [0.1, 0.15) is 27.7 Å². The first kappa shape index (κ1) is 16.6. The molecule has 0 spiro atoms. The minimum Gasteiger partial charge on any atom is -0.480 e. The molecule has 0 saturated heterocycles. The maximum atomic E-state index is 12.5. The zero-order valence-corrected chi connectivity index (χ0v) is 13.0. The van der Waals surface area contributed by atoms with E-state index in [0.29, 0.717) is 6.54 Å². The highest BCUT2D eigenvalue weighted by Gasteiger charge is 2.28. The molecule has 0 amide bonds. The fourth-order valence-electron chi connectivity index (χ4n) is 1.78. The molecule has 0 unspecified atom stereocenters. The number of rotatable bonds is 7. The monoisotopic (exact) mass is 303 g/mol. The van der Waals surface area contributed by atoms with E-state index < -0.39 is 16.0 Å². The van der Waals surface area contributed by atoms with Crippen molar-refractivity contribution in [1.82, 2.24) is 14.1 Å². The van der Waals surface area contributed by atoms with Crippen molar-refractivity contribution in [3.05, 3.63) is 12.4 Å². The summed E-state index contributed by atoms with van der Waals surface area (Å²) in [5, 5.41) is 12.4. The summed E-state index contributed by atoms with van der Waals surface area (Å²) in [6, 6.07) is -0.176. The minimum atomic E-state index is -3.65. The van der Waals surface area contributed by atoms with Crippen LogP contribution in [-0.4, -0.2) is 46.2 Å². The Morgan fingerprint density at radius 3 is 2.45 bits per heavy atom. The Bertz CT molecular complexity index is 563. The van der Waals surface area contributed by atoms with Crippen molar-refractivity contribution in [1.29, 1.82) is 0 Å². The highest BCUT2D eigenvalue weighted by Crippen LogP contribution is 2.19. The molecule has 1 heterocycles. The van der Waals surface area contributed by atoms with E-state index >= 15 is 0 Å². The van der Waals surface area contributed by atoms with Crippen molar-refractivity contribution in [2.75, 3.05) is 6.54 Å². The molecule has 0 fully saturated rings. The molecule has 114 valence electrons. The predicted octanol–water partition coefficient (Wildman–Crippen LogP) is 1.02. The summed E-state index contributed by atoms with van der Waals surface area (Å²) in [5.41, 5.74) is 0. The number of nitrogens with zero attached hydrogens (tertiary/aromatic N) is 3. The molecule has 1 N–H and O–H groups in total. The number of sulfonamides is 1. The summed E-state index contributed by atoms with van der Waals surface area (Å²) >= 11 is 0. The number of hydrogen-bond donors (Lipinski definition) is 1. The molecule has 1 rings (SSSR count). The first-order valence-electron chi connectivity index (χ1n) is 6.40. The molecular weight excluding hydrogens is 282 g/mol. The number of aliphatic carboxylic acids is 1. The number of carboxylic acids is 1. The molecule has 0 bridgehead atoms. The number of hydrogen-bond acceptors (Lipinski definition) is 4. The van der Waals surface area contributed by atoms with E-state index in [1.54, 1.807) is 0 Å². The summed E-state index contributed by atoms with van der Waals surface area (Å²) in [4.78, 5) is 10.6. The lowest BCUT2D eigenvalue weighted by Crippen LogP contribution is -2.39. The van der Waals surface area contributed by atoms with Crippen molar-refractivity contribution in [2.24, 2.45) is 5.92 Å². The summed E-state index contributed by atoms with van der Waals surface area (Å²) in [7, 11) is -3.65. The third kappa shape index (κ3) is 4.04. The van der Waals surface area contributed by atoms with Gasteiger partial charge in [-0.25, -0.2) is 8.42 Å². The van der Waals surface area contributed by atoms with E-state index in [1.807, 2.05) is 27.7 Å². The molecule has 1 aromatic rings. The first-order chi connectivity index (χ1) is 9.14. The maximum absolute atomic E-state index is 12.5. The zero-order chi connectivity index (χ0) is 15.5. The highest BCUT2D eigenvalue weighted by atomic mass is 32.2. The van der Waals surface area contributed by atoms with Crippen LogP contribution in [0, 0.1) is 5.92 Å². The van der Waals surface area contributed by atoms with Gasteiger partial charge in [-0.15, -0.1) is 0 Å². The van der Waals surface area contributed by atoms with Gasteiger partial charge < -0.3 is 5.11 Å². The van der Waals surface area contributed by atoms with Gasteiger partial charge in [-0.05, 0) is 19.8 Å². The highest BCUT2D eigenvalue weighted by molar-refractivity contribution is 7.89. The van der Waals surface area contributed by atoms with Gasteiger partial charge in [-0.3, -0.25) is 9.48 Å². The zero-order valence-electron chi connectivity index (χ0n) is 12.1. The molecule has 0 aliphatic carbocycles. The van der Waals surface area contributed by atoms with Gasteiger partial charge in [0, 0.05) is 18.8 Å². The number of carbonyl (C=O) groups is 1. The summed E-state index contributed by atoms with van der Waals surface area (Å²) in [5.74, 6) is -0.874. The van der Waals surface area contributed by atoms with Gasteiger partial charge in [-0.1, -0.05) is 13.8 Å². The van der Waals surface area contributed by atoms with Crippen LogP contribution in [0.25, 0.3) is 0 Å². The van der Waals surface area contributed by atoms with E-state index in [1.165, 1.54) is 16.7 Å². The van der Waals surface area contributed by atoms with Crippen molar-refractivity contribution >= 4 is 16.0 Å². The van der Waals surface area contributed by atoms with Crippen molar-refractivity contribution < 1.29 is 18.3 Å². The Kier molecular flexibility index (Phi) is 5.29. The van der Waals surface area contributed by atoms with Gasteiger partial charge in [0.05, 0.1) is 6.20 Å². The van der Waals surface area contributed by atoms with Crippen molar-refractivity contribution in [3.8, 4) is 0 Å². The Hall–Kier alpha value is -1.41. The summed E-state index contributed by atoms with van der Waals surface area (Å²) in [6.07, 6.45) is 2.44. The van der Waals surface area contributed by atoms with Crippen molar-refractivity contribution in [2.45, 2.75) is 45.2 Å². The average Bonchev–Trinajstić information content (AvgIpc) is 2.73. The third-order valence-electron chi connectivity index (χ3n) is 2.63. The molecule has 0 radical (unpaired) electrons. The molecule has 1 aromatic heterocycles. The summed E-state index contributed by atoms with van der Waals surface area (Å²) in [6.45, 7) is 7.55. The second kappa shape index (κ2) is 6.36. The molecule has 8 heteroatoms. The smallest absolute Gasteiger partial charge is 0.325 e. The Morgan fingerprint density at radius 1 is 1.40 bits per heavy atom. The molecule has 0 aliphatic heterocycles. The average molecular weight is 303 g/mol. The molecule has 0 aliphatic rings. The lowest BCUT2D eigenvalue weighted by atomic mass is 10.2. The fourth-order valence-corrected chi connectivity index (χ4v) is 3.54.